The zero-order valence-corrected chi connectivity index (χ0v) is 14.3. The highest BCUT2D eigenvalue weighted by atomic mass is 19.4. The largest absolute Gasteiger partial charge is 0.451 e. The van der Waals surface area contributed by atoms with Gasteiger partial charge in [0.15, 0.2) is 12.0 Å². The highest BCUT2D eigenvalue weighted by molar-refractivity contribution is 5.88. The maximum atomic E-state index is 13.7. The summed E-state index contributed by atoms with van der Waals surface area (Å²) < 4.78 is 79.4. The number of fused-ring (bicyclic) bond motifs is 1. The van der Waals surface area contributed by atoms with E-state index in [4.69, 9.17) is 5.73 Å². The van der Waals surface area contributed by atoms with E-state index in [2.05, 4.69) is 10.2 Å². The summed E-state index contributed by atoms with van der Waals surface area (Å²) >= 11 is 0. The molecule has 0 aromatic carbocycles. The van der Waals surface area contributed by atoms with E-state index in [-0.39, 0.29) is 43.1 Å². The second-order valence-electron chi connectivity index (χ2n) is 6.40. The lowest BCUT2D eigenvalue weighted by Crippen LogP contribution is -2.38. The molecule has 2 N–H and O–H groups in total. The van der Waals surface area contributed by atoms with Gasteiger partial charge in [0, 0.05) is 43.8 Å². The molecule has 0 saturated carbocycles. The van der Waals surface area contributed by atoms with Gasteiger partial charge >= 0.3 is 6.18 Å². The number of carbonyl (C=O) groups excluding carboxylic acids is 1. The molecule has 0 bridgehead atoms. The van der Waals surface area contributed by atoms with Gasteiger partial charge in [-0.3, -0.25) is 4.79 Å². The Labute approximate surface area is 155 Å². The Balaban J connectivity index is 1.68. The van der Waals surface area contributed by atoms with Gasteiger partial charge < -0.3 is 15.2 Å². The van der Waals surface area contributed by atoms with E-state index in [1.54, 1.807) is 0 Å². The summed E-state index contributed by atoms with van der Waals surface area (Å²) in [6, 6.07) is 0. The molecule has 1 aliphatic carbocycles. The zero-order valence-electron chi connectivity index (χ0n) is 14.3. The van der Waals surface area contributed by atoms with E-state index >= 15 is 0 Å². The number of hydrogen-bond acceptors (Lipinski definition) is 4. The Kier molecular flexibility index (Phi) is 5.22. The first-order valence-corrected chi connectivity index (χ1v) is 8.19. The first-order valence-electron chi connectivity index (χ1n) is 8.19. The van der Waals surface area contributed by atoms with Crippen LogP contribution in [0, 0.1) is 0 Å². The predicted octanol–water partition coefficient (Wildman–Crippen LogP) is 2.69. The van der Waals surface area contributed by atoms with Gasteiger partial charge in [-0.2, -0.15) is 13.2 Å². The van der Waals surface area contributed by atoms with Crippen molar-refractivity contribution in [3.63, 3.8) is 0 Å². The number of halogens is 6. The standard InChI is InChI=1S/C16H15F6N5O/c17-10-6-12(19)11(18)4-8(10)3-9(23)5-14(28)26-1-2-27-13(7-26)24-25-15(27)16(20,21)22/h5-6,11H,1-4,7,23H2/b9-5-. The molecule has 1 atom stereocenters. The lowest BCUT2D eigenvalue weighted by atomic mass is 9.97. The normalized spacial score (nSPS) is 20.9. The molecule has 28 heavy (non-hydrogen) atoms. The van der Waals surface area contributed by atoms with Gasteiger partial charge in [-0.05, 0) is 5.57 Å². The van der Waals surface area contributed by atoms with E-state index in [9.17, 15) is 31.1 Å². The van der Waals surface area contributed by atoms with Gasteiger partial charge in [-0.25, -0.2) is 13.2 Å². The van der Waals surface area contributed by atoms with Gasteiger partial charge in [0.25, 0.3) is 0 Å². The van der Waals surface area contributed by atoms with Gasteiger partial charge in [0.1, 0.15) is 11.7 Å². The first kappa shape index (κ1) is 20.0. The smallest absolute Gasteiger partial charge is 0.402 e. The van der Waals surface area contributed by atoms with Crippen molar-refractivity contribution in [2.45, 2.75) is 38.3 Å². The highest BCUT2D eigenvalue weighted by Crippen LogP contribution is 2.31. The van der Waals surface area contributed by atoms with Crippen LogP contribution >= 0.6 is 0 Å². The van der Waals surface area contributed by atoms with Crippen LogP contribution in [0.15, 0.2) is 35.1 Å². The van der Waals surface area contributed by atoms with Crippen LogP contribution in [-0.2, 0) is 24.1 Å². The van der Waals surface area contributed by atoms with Crippen molar-refractivity contribution in [3.8, 4) is 0 Å². The van der Waals surface area contributed by atoms with E-state index < -0.39 is 42.2 Å². The Morgan fingerprint density at radius 1 is 1.29 bits per heavy atom. The number of allylic oxidation sites excluding steroid dienone is 4. The SMILES string of the molecule is N/C(=C\C(=O)N1CCn2c(nnc2C(F)(F)F)C1)CC1=C(F)C=C(F)C(F)C1. The highest BCUT2D eigenvalue weighted by Gasteiger charge is 2.39. The fraction of sp³-hybridized carbons (Fsp3) is 0.438. The Morgan fingerprint density at radius 3 is 2.68 bits per heavy atom. The van der Waals surface area contributed by atoms with Crippen LogP contribution in [0.2, 0.25) is 0 Å². The number of rotatable bonds is 3. The third kappa shape index (κ3) is 4.04. The lowest BCUT2D eigenvalue weighted by molar-refractivity contribution is -0.148. The summed E-state index contributed by atoms with van der Waals surface area (Å²) in [4.78, 5) is 13.5. The molecule has 1 aliphatic heterocycles. The maximum absolute atomic E-state index is 13.7. The molecule has 1 amide bonds. The molecule has 1 unspecified atom stereocenters. The van der Waals surface area contributed by atoms with Crippen LogP contribution < -0.4 is 5.73 Å². The summed E-state index contributed by atoms with van der Waals surface area (Å²) in [5, 5.41) is 6.57. The average molecular weight is 407 g/mol. The summed E-state index contributed by atoms with van der Waals surface area (Å²) in [6.07, 6.45) is -5.97. The second-order valence-corrected chi connectivity index (χ2v) is 6.40. The van der Waals surface area contributed by atoms with Gasteiger partial charge in [-0.15, -0.1) is 10.2 Å². The monoisotopic (exact) mass is 407 g/mol. The molecule has 2 aliphatic rings. The summed E-state index contributed by atoms with van der Waals surface area (Å²) in [5.41, 5.74) is 5.54. The predicted molar refractivity (Wildman–Crippen MR) is 84.2 cm³/mol. The van der Waals surface area contributed by atoms with E-state index in [1.165, 1.54) is 4.90 Å². The summed E-state index contributed by atoms with van der Waals surface area (Å²) in [5.74, 6) is -3.93. The third-order valence-electron chi connectivity index (χ3n) is 4.37. The number of nitrogens with zero attached hydrogens (tertiary/aromatic N) is 4. The third-order valence-corrected chi connectivity index (χ3v) is 4.37. The topological polar surface area (TPSA) is 77.0 Å². The van der Waals surface area contributed by atoms with Gasteiger partial charge in [0.2, 0.25) is 11.7 Å². The quantitative estimate of drug-likeness (QED) is 0.618. The molecule has 0 saturated heterocycles. The lowest BCUT2D eigenvalue weighted by Gasteiger charge is -2.27. The fourth-order valence-corrected chi connectivity index (χ4v) is 2.98. The number of aromatic nitrogens is 3. The minimum absolute atomic E-state index is 0.0270. The molecule has 12 heteroatoms. The number of carbonyl (C=O) groups is 1. The molecular formula is C16H15F6N5O. The van der Waals surface area contributed by atoms with E-state index in [1.807, 2.05) is 0 Å². The second kappa shape index (κ2) is 7.32. The van der Waals surface area contributed by atoms with Gasteiger partial charge in [0.05, 0.1) is 6.54 Å². The Morgan fingerprint density at radius 2 is 2.00 bits per heavy atom. The van der Waals surface area contributed by atoms with Crippen molar-refractivity contribution in [2.24, 2.45) is 5.73 Å². The minimum Gasteiger partial charge on any atom is -0.402 e. The van der Waals surface area contributed by atoms with Crippen LogP contribution in [0.1, 0.15) is 24.5 Å². The van der Waals surface area contributed by atoms with Crippen LogP contribution in [0.3, 0.4) is 0 Å². The molecular weight excluding hydrogens is 392 g/mol. The molecule has 6 nitrogen and oxygen atoms in total. The van der Waals surface area contributed by atoms with Crippen molar-refractivity contribution in [1.29, 1.82) is 0 Å². The fourth-order valence-electron chi connectivity index (χ4n) is 2.98. The van der Waals surface area contributed by atoms with Crippen molar-refractivity contribution < 1.29 is 31.1 Å². The molecule has 0 spiro atoms. The van der Waals surface area contributed by atoms with Crippen LogP contribution in [0.4, 0.5) is 26.3 Å². The molecule has 1 aromatic heterocycles. The Hall–Kier alpha value is -2.79. The number of amides is 1. The number of hydrogen-bond donors (Lipinski definition) is 1. The molecule has 0 fully saturated rings. The van der Waals surface area contributed by atoms with Crippen LogP contribution in [0.25, 0.3) is 0 Å². The number of nitrogens with two attached hydrogens (primary N) is 1. The molecule has 1 aromatic rings. The molecule has 152 valence electrons. The van der Waals surface area contributed by atoms with Crippen molar-refractivity contribution in [3.05, 3.63) is 46.7 Å². The summed E-state index contributed by atoms with van der Waals surface area (Å²) in [7, 11) is 0. The maximum Gasteiger partial charge on any atom is 0.451 e. The van der Waals surface area contributed by atoms with Crippen molar-refractivity contribution >= 4 is 5.91 Å². The average Bonchev–Trinajstić information content (AvgIpc) is 3.03. The zero-order chi connectivity index (χ0) is 20.6. The number of alkyl halides is 4. The minimum atomic E-state index is -4.65. The Bertz CT molecular complexity index is 885. The summed E-state index contributed by atoms with van der Waals surface area (Å²) in [6.45, 7) is -0.387. The van der Waals surface area contributed by atoms with Crippen LogP contribution in [0.5, 0.6) is 0 Å². The molecule has 3 rings (SSSR count). The van der Waals surface area contributed by atoms with E-state index in [0.717, 1.165) is 10.6 Å². The van der Waals surface area contributed by atoms with Crippen molar-refractivity contribution in [2.75, 3.05) is 6.54 Å². The molecule has 0 radical (unpaired) electrons. The van der Waals surface area contributed by atoms with Gasteiger partial charge in [-0.1, -0.05) is 0 Å². The van der Waals surface area contributed by atoms with Crippen molar-refractivity contribution in [1.82, 2.24) is 19.7 Å². The first-order chi connectivity index (χ1) is 13.1. The molecule has 2 heterocycles. The van der Waals surface area contributed by atoms with E-state index in [0.29, 0.717) is 6.08 Å². The van der Waals surface area contributed by atoms with Crippen LogP contribution in [-0.4, -0.2) is 38.3 Å².